The van der Waals surface area contributed by atoms with Gasteiger partial charge in [-0.3, -0.25) is 0 Å². The van der Waals surface area contributed by atoms with Crippen LogP contribution in [0.3, 0.4) is 0 Å². The summed E-state index contributed by atoms with van der Waals surface area (Å²) in [6.45, 7) is 1.91. The van der Waals surface area contributed by atoms with Crippen molar-refractivity contribution in [3.05, 3.63) is 54.1 Å². The van der Waals surface area contributed by atoms with Crippen LogP contribution >= 0.6 is 0 Å². The van der Waals surface area contributed by atoms with Crippen LogP contribution in [0.5, 0.6) is 5.75 Å². The molecule has 2 aromatic rings. The fourth-order valence-corrected chi connectivity index (χ4v) is 2.14. The average Bonchev–Trinajstić information content (AvgIpc) is 2.47. The zero-order chi connectivity index (χ0) is 14.6. The van der Waals surface area contributed by atoms with E-state index in [0.717, 1.165) is 11.3 Å². The van der Waals surface area contributed by atoms with Crippen molar-refractivity contribution in [2.45, 2.75) is 12.5 Å². The maximum absolute atomic E-state index is 9.77. The lowest BCUT2D eigenvalue weighted by Crippen LogP contribution is -2.35. The smallest absolute Gasteiger partial charge is 0.122 e. The normalized spacial score (nSPS) is 13.6. The lowest BCUT2D eigenvalue weighted by molar-refractivity contribution is 0.224. The minimum absolute atomic E-state index is 0.0336. The lowest BCUT2D eigenvalue weighted by atomic mass is 9.92. The number of nitrogens with one attached hydrogen (secondary N) is 1. The van der Waals surface area contributed by atoms with Gasteiger partial charge in [0.1, 0.15) is 5.75 Å². The summed E-state index contributed by atoms with van der Waals surface area (Å²) in [7, 11) is 1.60. The van der Waals surface area contributed by atoms with Gasteiger partial charge >= 0.3 is 0 Å². The van der Waals surface area contributed by atoms with E-state index in [0.29, 0.717) is 11.4 Å². The highest BCUT2D eigenvalue weighted by molar-refractivity contribution is 5.60. The van der Waals surface area contributed by atoms with Gasteiger partial charge in [0.2, 0.25) is 0 Å². The summed E-state index contributed by atoms with van der Waals surface area (Å²) in [4.78, 5) is 0. The van der Waals surface area contributed by atoms with Crippen molar-refractivity contribution in [2.24, 2.45) is 0 Å². The van der Waals surface area contributed by atoms with Gasteiger partial charge < -0.3 is 20.9 Å². The molecule has 0 spiro atoms. The second-order valence-electron chi connectivity index (χ2n) is 4.98. The summed E-state index contributed by atoms with van der Waals surface area (Å²) in [5, 5.41) is 13.1. The minimum Gasteiger partial charge on any atom is -0.497 e. The molecular formula is C16H20N2O2. The van der Waals surface area contributed by atoms with E-state index in [2.05, 4.69) is 5.32 Å². The monoisotopic (exact) mass is 272 g/mol. The zero-order valence-electron chi connectivity index (χ0n) is 11.8. The Labute approximate surface area is 119 Å². The van der Waals surface area contributed by atoms with Crippen LogP contribution in [-0.4, -0.2) is 18.8 Å². The van der Waals surface area contributed by atoms with Gasteiger partial charge in [0, 0.05) is 23.5 Å². The molecule has 4 heteroatoms. The van der Waals surface area contributed by atoms with Gasteiger partial charge in [-0.05, 0) is 18.6 Å². The lowest BCUT2D eigenvalue weighted by Gasteiger charge is -2.30. The summed E-state index contributed by atoms with van der Waals surface area (Å²) in [6.07, 6.45) is 0. The van der Waals surface area contributed by atoms with Gasteiger partial charge in [-0.2, -0.15) is 0 Å². The summed E-state index contributed by atoms with van der Waals surface area (Å²) in [5.74, 6) is 0.681. The molecule has 0 amide bonds. The van der Waals surface area contributed by atoms with E-state index in [9.17, 15) is 5.11 Å². The Morgan fingerprint density at radius 3 is 2.50 bits per heavy atom. The number of hydrogen-bond donors (Lipinski definition) is 3. The number of anilines is 2. The number of nitrogens with two attached hydrogens (primary N) is 1. The Morgan fingerprint density at radius 1 is 1.20 bits per heavy atom. The highest BCUT2D eigenvalue weighted by Gasteiger charge is 2.25. The molecule has 20 heavy (non-hydrogen) atoms. The average molecular weight is 272 g/mol. The van der Waals surface area contributed by atoms with Crippen molar-refractivity contribution in [2.75, 3.05) is 24.8 Å². The van der Waals surface area contributed by atoms with Crippen molar-refractivity contribution in [3.63, 3.8) is 0 Å². The van der Waals surface area contributed by atoms with Crippen LogP contribution in [0, 0.1) is 0 Å². The van der Waals surface area contributed by atoms with Gasteiger partial charge in [-0.1, -0.05) is 30.3 Å². The molecule has 1 atom stereocenters. The molecule has 0 radical (unpaired) electrons. The topological polar surface area (TPSA) is 67.5 Å². The fraction of sp³-hybridized carbons (Fsp3) is 0.250. The molecule has 0 aliphatic heterocycles. The first-order valence-corrected chi connectivity index (χ1v) is 6.46. The van der Waals surface area contributed by atoms with Crippen LogP contribution in [0.1, 0.15) is 12.5 Å². The SMILES string of the molecule is COc1cc(N)cc(NC(C)(CO)c2ccccc2)c1. The van der Waals surface area contributed by atoms with Gasteiger partial charge in [-0.25, -0.2) is 0 Å². The molecule has 0 aliphatic rings. The van der Waals surface area contributed by atoms with Gasteiger partial charge in [-0.15, -0.1) is 0 Å². The van der Waals surface area contributed by atoms with E-state index in [1.54, 1.807) is 13.2 Å². The molecular weight excluding hydrogens is 252 g/mol. The van der Waals surface area contributed by atoms with Crippen LogP contribution in [0.2, 0.25) is 0 Å². The van der Waals surface area contributed by atoms with Gasteiger partial charge in [0.25, 0.3) is 0 Å². The summed E-state index contributed by atoms with van der Waals surface area (Å²) >= 11 is 0. The summed E-state index contributed by atoms with van der Waals surface area (Å²) < 4.78 is 5.21. The van der Waals surface area contributed by atoms with E-state index >= 15 is 0 Å². The predicted molar refractivity (Wildman–Crippen MR) is 81.9 cm³/mol. The molecule has 0 bridgehead atoms. The standard InChI is InChI=1S/C16H20N2O2/c1-16(11-19,12-6-4-3-5-7-12)18-14-8-13(17)9-15(10-14)20-2/h3-10,18-19H,11,17H2,1-2H3. The van der Waals surface area contributed by atoms with Crippen LogP contribution in [-0.2, 0) is 5.54 Å². The molecule has 106 valence electrons. The third-order valence-electron chi connectivity index (χ3n) is 3.31. The first-order chi connectivity index (χ1) is 9.57. The number of aliphatic hydroxyl groups excluding tert-OH is 1. The molecule has 0 saturated carbocycles. The fourth-order valence-electron chi connectivity index (χ4n) is 2.14. The molecule has 0 aliphatic carbocycles. The molecule has 2 rings (SSSR count). The number of rotatable bonds is 5. The Hall–Kier alpha value is -2.20. The number of aliphatic hydroxyl groups is 1. The van der Waals surface area contributed by atoms with Crippen LogP contribution in [0.15, 0.2) is 48.5 Å². The Bertz CT molecular complexity index is 572. The van der Waals surface area contributed by atoms with Gasteiger partial charge in [0.15, 0.2) is 0 Å². The Kier molecular flexibility index (Phi) is 4.15. The van der Waals surface area contributed by atoms with E-state index in [1.807, 2.05) is 49.4 Å². The molecule has 1 unspecified atom stereocenters. The number of hydrogen-bond acceptors (Lipinski definition) is 4. The van der Waals surface area contributed by atoms with Crippen molar-refractivity contribution < 1.29 is 9.84 Å². The highest BCUT2D eigenvalue weighted by Crippen LogP contribution is 2.29. The third-order valence-corrected chi connectivity index (χ3v) is 3.31. The summed E-state index contributed by atoms with van der Waals surface area (Å²) in [5.41, 5.74) is 7.69. The molecule has 0 aromatic heterocycles. The predicted octanol–water partition coefficient (Wildman–Crippen LogP) is 2.60. The maximum Gasteiger partial charge on any atom is 0.122 e. The second-order valence-corrected chi connectivity index (χ2v) is 4.98. The molecule has 0 saturated heterocycles. The van der Waals surface area contributed by atoms with Crippen LogP contribution in [0.25, 0.3) is 0 Å². The summed E-state index contributed by atoms with van der Waals surface area (Å²) in [6, 6.07) is 15.2. The van der Waals surface area contributed by atoms with Crippen LogP contribution < -0.4 is 15.8 Å². The van der Waals surface area contributed by atoms with Crippen LogP contribution in [0.4, 0.5) is 11.4 Å². The van der Waals surface area contributed by atoms with Gasteiger partial charge in [0.05, 0.1) is 19.3 Å². The van der Waals surface area contributed by atoms with Crippen molar-refractivity contribution in [1.29, 1.82) is 0 Å². The Balaban J connectivity index is 2.33. The first kappa shape index (κ1) is 14.2. The quantitative estimate of drug-likeness (QED) is 0.732. The molecule has 0 heterocycles. The largest absolute Gasteiger partial charge is 0.497 e. The maximum atomic E-state index is 9.77. The van der Waals surface area contributed by atoms with Crippen molar-refractivity contribution in [3.8, 4) is 5.75 Å². The number of methoxy groups -OCH3 is 1. The van der Waals surface area contributed by atoms with Crippen molar-refractivity contribution >= 4 is 11.4 Å². The minimum atomic E-state index is -0.583. The van der Waals surface area contributed by atoms with E-state index < -0.39 is 5.54 Å². The number of nitrogen functional groups attached to an aromatic ring is 1. The van der Waals surface area contributed by atoms with E-state index in [1.165, 1.54) is 0 Å². The molecule has 0 fully saturated rings. The highest BCUT2D eigenvalue weighted by atomic mass is 16.5. The molecule has 4 N–H and O–H groups in total. The number of ether oxygens (including phenoxy) is 1. The number of benzene rings is 2. The van der Waals surface area contributed by atoms with Crippen molar-refractivity contribution in [1.82, 2.24) is 0 Å². The second kappa shape index (κ2) is 5.84. The first-order valence-electron chi connectivity index (χ1n) is 6.46. The Morgan fingerprint density at radius 2 is 1.90 bits per heavy atom. The zero-order valence-corrected chi connectivity index (χ0v) is 11.8. The third kappa shape index (κ3) is 3.03. The van der Waals surface area contributed by atoms with E-state index in [4.69, 9.17) is 10.5 Å². The molecule has 2 aromatic carbocycles. The molecule has 4 nitrogen and oxygen atoms in total. The van der Waals surface area contributed by atoms with E-state index in [-0.39, 0.29) is 6.61 Å².